The fraction of sp³-hybridized carbons (Fsp3) is 0.176. The SMILES string of the molecule is Cc1cccc(SCCC(=O)Nc2ccccc2C#N)c1. The highest BCUT2D eigenvalue weighted by molar-refractivity contribution is 7.99. The van der Waals surface area contributed by atoms with E-state index in [-0.39, 0.29) is 5.91 Å². The summed E-state index contributed by atoms with van der Waals surface area (Å²) in [5.74, 6) is 0.641. The average Bonchev–Trinajstić information content (AvgIpc) is 2.48. The van der Waals surface area contributed by atoms with E-state index in [1.807, 2.05) is 12.1 Å². The maximum Gasteiger partial charge on any atom is 0.225 e. The summed E-state index contributed by atoms with van der Waals surface area (Å²) in [5.41, 5.74) is 2.27. The number of aryl methyl sites for hydroxylation is 1. The van der Waals surface area contributed by atoms with Crippen molar-refractivity contribution in [3.05, 3.63) is 59.7 Å². The molecule has 0 fully saturated rings. The van der Waals surface area contributed by atoms with Crippen molar-refractivity contribution in [1.82, 2.24) is 0 Å². The number of carbonyl (C=O) groups excluding carboxylic acids is 1. The van der Waals surface area contributed by atoms with Crippen LogP contribution in [-0.4, -0.2) is 11.7 Å². The minimum atomic E-state index is -0.0714. The van der Waals surface area contributed by atoms with Gasteiger partial charge in [-0.15, -0.1) is 11.8 Å². The Kier molecular flexibility index (Phi) is 5.42. The summed E-state index contributed by atoms with van der Waals surface area (Å²) in [5, 5.41) is 11.8. The number of nitrogens with one attached hydrogen (secondary N) is 1. The Morgan fingerprint density at radius 1 is 1.24 bits per heavy atom. The minimum Gasteiger partial charge on any atom is -0.325 e. The van der Waals surface area contributed by atoms with E-state index in [2.05, 4.69) is 30.4 Å². The van der Waals surface area contributed by atoms with Crippen LogP contribution in [0, 0.1) is 18.3 Å². The van der Waals surface area contributed by atoms with Crippen LogP contribution in [0.25, 0.3) is 0 Å². The number of thioether (sulfide) groups is 1. The highest BCUT2D eigenvalue weighted by Gasteiger charge is 2.06. The maximum absolute atomic E-state index is 11.9. The summed E-state index contributed by atoms with van der Waals surface area (Å²) in [6.45, 7) is 2.05. The van der Waals surface area contributed by atoms with Crippen LogP contribution < -0.4 is 5.32 Å². The number of para-hydroxylation sites is 1. The third-order valence-electron chi connectivity index (χ3n) is 2.91. The van der Waals surface area contributed by atoms with Gasteiger partial charge in [-0.25, -0.2) is 0 Å². The lowest BCUT2D eigenvalue weighted by Crippen LogP contribution is -2.13. The quantitative estimate of drug-likeness (QED) is 0.849. The molecule has 4 heteroatoms. The molecule has 21 heavy (non-hydrogen) atoms. The molecule has 0 aliphatic carbocycles. The number of rotatable bonds is 5. The molecule has 1 amide bonds. The van der Waals surface area contributed by atoms with Gasteiger partial charge in [0.05, 0.1) is 11.3 Å². The lowest BCUT2D eigenvalue weighted by molar-refractivity contribution is -0.115. The van der Waals surface area contributed by atoms with Gasteiger partial charge in [0.1, 0.15) is 6.07 Å². The Balaban J connectivity index is 1.84. The Morgan fingerprint density at radius 3 is 2.81 bits per heavy atom. The highest BCUT2D eigenvalue weighted by atomic mass is 32.2. The van der Waals surface area contributed by atoms with E-state index >= 15 is 0 Å². The second kappa shape index (κ2) is 7.51. The number of benzene rings is 2. The number of nitriles is 1. The van der Waals surface area contributed by atoms with E-state index in [1.165, 1.54) is 10.5 Å². The number of hydrogen-bond donors (Lipinski definition) is 1. The number of anilines is 1. The molecule has 2 rings (SSSR count). The van der Waals surface area contributed by atoms with Crippen molar-refractivity contribution in [2.24, 2.45) is 0 Å². The normalized spacial score (nSPS) is 9.90. The summed E-state index contributed by atoms with van der Waals surface area (Å²) < 4.78 is 0. The van der Waals surface area contributed by atoms with Gasteiger partial charge in [-0.05, 0) is 31.2 Å². The molecule has 106 valence electrons. The fourth-order valence-electron chi connectivity index (χ4n) is 1.87. The predicted molar refractivity (Wildman–Crippen MR) is 86.3 cm³/mol. The van der Waals surface area contributed by atoms with Gasteiger partial charge in [0.15, 0.2) is 0 Å². The van der Waals surface area contributed by atoms with Crippen molar-refractivity contribution in [3.63, 3.8) is 0 Å². The molecule has 0 saturated carbocycles. The Hall–Kier alpha value is -2.25. The molecule has 0 atom stereocenters. The number of hydrogen-bond acceptors (Lipinski definition) is 3. The molecule has 0 aliphatic heterocycles. The lowest BCUT2D eigenvalue weighted by Gasteiger charge is -2.07. The molecule has 0 heterocycles. The van der Waals surface area contributed by atoms with Gasteiger partial charge in [-0.1, -0.05) is 29.8 Å². The van der Waals surface area contributed by atoms with Crippen molar-refractivity contribution < 1.29 is 4.79 Å². The Morgan fingerprint density at radius 2 is 2.05 bits per heavy atom. The zero-order valence-corrected chi connectivity index (χ0v) is 12.6. The highest BCUT2D eigenvalue weighted by Crippen LogP contribution is 2.20. The molecule has 0 saturated heterocycles. The first-order valence-electron chi connectivity index (χ1n) is 6.67. The first-order valence-corrected chi connectivity index (χ1v) is 7.66. The van der Waals surface area contributed by atoms with Crippen LogP contribution in [0.5, 0.6) is 0 Å². The van der Waals surface area contributed by atoms with E-state index in [4.69, 9.17) is 5.26 Å². The molecule has 3 nitrogen and oxygen atoms in total. The molecule has 0 aromatic heterocycles. The smallest absolute Gasteiger partial charge is 0.225 e. The molecular formula is C17H16N2OS. The van der Waals surface area contributed by atoms with Crippen LogP contribution in [0.4, 0.5) is 5.69 Å². The van der Waals surface area contributed by atoms with Gasteiger partial charge in [-0.3, -0.25) is 4.79 Å². The van der Waals surface area contributed by atoms with E-state index in [9.17, 15) is 4.79 Å². The van der Waals surface area contributed by atoms with Gasteiger partial charge in [0, 0.05) is 17.1 Å². The van der Waals surface area contributed by atoms with Crippen LogP contribution in [-0.2, 0) is 4.79 Å². The lowest BCUT2D eigenvalue weighted by atomic mass is 10.2. The second-order valence-corrected chi connectivity index (χ2v) is 5.79. The molecule has 0 spiro atoms. The van der Waals surface area contributed by atoms with Crippen LogP contribution >= 0.6 is 11.8 Å². The standard InChI is InChI=1S/C17H16N2OS/c1-13-5-4-7-15(11-13)21-10-9-17(20)19-16-8-3-2-6-14(16)12-18/h2-8,11H,9-10H2,1H3,(H,19,20). The predicted octanol–water partition coefficient (Wildman–Crippen LogP) is 3.99. The largest absolute Gasteiger partial charge is 0.325 e. The van der Waals surface area contributed by atoms with E-state index < -0.39 is 0 Å². The molecule has 0 bridgehead atoms. The van der Waals surface area contributed by atoms with Crippen molar-refractivity contribution in [3.8, 4) is 6.07 Å². The zero-order chi connectivity index (χ0) is 15.1. The Labute approximate surface area is 129 Å². The second-order valence-electron chi connectivity index (χ2n) is 4.62. The average molecular weight is 296 g/mol. The molecule has 2 aromatic rings. The summed E-state index contributed by atoms with van der Waals surface area (Å²) in [4.78, 5) is 13.1. The molecule has 0 radical (unpaired) electrons. The summed E-state index contributed by atoms with van der Waals surface area (Å²) in [6, 6.07) is 17.3. The van der Waals surface area contributed by atoms with Gasteiger partial charge >= 0.3 is 0 Å². The van der Waals surface area contributed by atoms with E-state index in [1.54, 1.807) is 36.0 Å². The molecule has 0 aliphatic rings. The van der Waals surface area contributed by atoms with Crippen LogP contribution in [0.15, 0.2) is 53.4 Å². The first-order chi connectivity index (χ1) is 10.2. The van der Waals surface area contributed by atoms with Crippen LogP contribution in [0.2, 0.25) is 0 Å². The van der Waals surface area contributed by atoms with Crippen LogP contribution in [0.1, 0.15) is 17.5 Å². The monoisotopic (exact) mass is 296 g/mol. The van der Waals surface area contributed by atoms with Gasteiger partial charge in [-0.2, -0.15) is 5.26 Å². The van der Waals surface area contributed by atoms with Gasteiger partial charge in [0.25, 0.3) is 0 Å². The maximum atomic E-state index is 11.9. The Bertz CT molecular complexity index is 676. The first kappa shape index (κ1) is 15.1. The fourth-order valence-corrected chi connectivity index (χ4v) is 2.84. The van der Waals surface area contributed by atoms with Crippen LogP contribution in [0.3, 0.4) is 0 Å². The number of nitrogens with zero attached hydrogens (tertiary/aromatic N) is 1. The topological polar surface area (TPSA) is 52.9 Å². The van der Waals surface area contributed by atoms with Crippen molar-refractivity contribution in [2.45, 2.75) is 18.2 Å². The number of amides is 1. The van der Waals surface area contributed by atoms with Gasteiger partial charge < -0.3 is 5.32 Å². The summed E-state index contributed by atoms with van der Waals surface area (Å²) >= 11 is 1.66. The third kappa shape index (κ3) is 4.66. The van der Waals surface area contributed by atoms with E-state index in [0.29, 0.717) is 23.4 Å². The minimum absolute atomic E-state index is 0.0714. The number of carbonyl (C=O) groups is 1. The summed E-state index contributed by atoms with van der Waals surface area (Å²) in [7, 11) is 0. The third-order valence-corrected chi connectivity index (χ3v) is 3.90. The molecule has 2 aromatic carbocycles. The molecule has 1 N–H and O–H groups in total. The molecular weight excluding hydrogens is 280 g/mol. The van der Waals surface area contributed by atoms with Gasteiger partial charge in [0.2, 0.25) is 5.91 Å². The van der Waals surface area contributed by atoms with Crippen molar-refractivity contribution in [1.29, 1.82) is 5.26 Å². The van der Waals surface area contributed by atoms with Crippen molar-refractivity contribution in [2.75, 3.05) is 11.1 Å². The van der Waals surface area contributed by atoms with E-state index in [0.717, 1.165) is 0 Å². The zero-order valence-electron chi connectivity index (χ0n) is 11.8. The summed E-state index contributed by atoms with van der Waals surface area (Å²) in [6.07, 6.45) is 0.415. The molecule has 0 unspecified atom stereocenters. The van der Waals surface area contributed by atoms with Crippen molar-refractivity contribution >= 4 is 23.4 Å².